The van der Waals surface area contributed by atoms with Gasteiger partial charge in [-0.2, -0.15) is 0 Å². The summed E-state index contributed by atoms with van der Waals surface area (Å²) in [5.74, 6) is 3.60. The van der Waals surface area contributed by atoms with Crippen LogP contribution in [0.3, 0.4) is 0 Å². The smallest absolute Gasteiger partial charge is 0.0625 e. The lowest BCUT2D eigenvalue weighted by atomic mass is 9.64. The molecule has 0 radical (unpaired) electrons. The van der Waals surface area contributed by atoms with Crippen molar-refractivity contribution in [1.82, 2.24) is 0 Å². The fourth-order valence-electron chi connectivity index (χ4n) is 3.81. The van der Waals surface area contributed by atoms with Gasteiger partial charge in [0.05, 0.1) is 6.10 Å². The second-order valence-electron chi connectivity index (χ2n) is 5.35. The van der Waals surface area contributed by atoms with Crippen molar-refractivity contribution in [2.75, 3.05) is 7.11 Å². The first-order valence-corrected chi connectivity index (χ1v) is 5.73. The second-order valence-corrected chi connectivity index (χ2v) is 5.35. The highest BCUT2D eigenvalue weighted by Gasteiger charge is 2.39. The molecule has 2 aliphatic rings. The van der Waals surface area contributed by atoms with E-state index in [1.807, 2.05) is 7.11 Å². The van der Waals surface area contributed by atoms with Gasteiger partial charge in [0, 0.05) is 7.11 Å². The molecule has 0 amide bonds. The van der Waals surface area contributed by atoms with Gasteiger partial charge < -0.3 is 4.74 Å². The first kappa shape index (κ1) is 9.51. The molecule has 5 atom stereocenters. The van der Waals surface area contributed by atoms with Crippen LogP contribution in [0.5, 0.6) is 0 Å². The average Bonchev–Trinajstić information content (AvgIpc) is 2.02. The van der Waals surface area contributed by atoms with Crippen LogP contribution in [0.2, 0.25) is 0 Å². The molecule has 0 aliphatic heterocycles. The molecule has 5 unspecified atom stereocenters. The number of hydrogen-bond acceptors (Lipinski definition) is 1. The molecule has 0 N–H and O–H groups in total. The van der Waals surface area contributed by atoms with Gasteiger partial charge in [0.25, 0.3) is 0 Å². The minimum absolute atomic E-state index is 0.555. The van der Waals surface area contributed by atoms with E-state index >= 15 is 0 Å². The van der Waals surface area contributed by atoms with E-state index in [1.54, 1.807) is 0 Å². The van der Waals surface area contributed by atoms with Gasteiger partial charge in [0.1, 0.15) is 0 Å². The van der Waals surface area contributed by atoms with Crippen LogP contribution in [0.4, 0.5) is 0 Å². The van der Waals surface area contributed by atoms with Gasteiger partial charge in [-0.15, -0.1) is 0 Å². The van der Waals surface area contributed by atoms with Crippen molar-refractivity contribution in [2.24, 2.45) is 23.7 Å². The Labute approximate surface area is 81.9 Å². The highest BCUT2D eigenvalue weighted by Crippen LogP contribution is 2.45. The van der Waals surface area contributed by atoms with Crippen LogP contribution < -0.4 is 0 Å². The largest absolute Gasteiger partial charge is 0.381 e. The van der Waals surface area contributed by atoms with Gasteiger partial charge in [-0.05, 0) is 49.4 Å². The van der Waals surface area contributed by atoms with E-state index in [9.17, 15) is 0 Å². The van der Waals surface area contributed by atoms with E-state index in [0.29, 0.717) is 6.10 Å². The lowest BCUT2D eigenvalue weighted by molar-refractivity contribution is -0.0578. The lowest BCUT2D eigenvalue weighted by Crippen LogP contribution is -2.41. The molecule has 2 rings (SSSR count). The van der Waals surface area contributed by atoms with Crippen LogP contribution in [0.1, 0.15) is 39.5 Å². The Morgan fingerprint density at radius 1 is 1.00 bits per heavy atom. The molecule has 2 fully saturated rings. The molecule has 0 saturated heterocycles. The Balaban J connectivity index is 2.07. The summed E-state index contributed by atoms with van der Waals surface area (Å²) >= 11 is 0. The van der Waals surface area contributed by atoms with Crippen molar-refractivity contribution < 1.29 is 4.74 Å². The Morgan fingerprint density at radius 3 is 2.46 bits per heavy atom. The van der Waals surface area contributed by atoms with Crippen molar-refractivity contribution in [3.05, 3.63) is 0 Å². The van der Waals surface area contributed by atoms with Crippen LogP contribution in [0.15, 0.2) is 0 Å². The molecule has 2 saturated carbocycles. The number of hydrogen-bond donors (Lipinski definition) is 0. The maximum Gasteiger partial charge on any atom is 0.0625 e. The van der Waals surface area contributed by atoms with E-state index in [-0.39, 0.29) is 0 Å². The Bertz CT molecular complexity index is 174. The number of rotatable bonds is 1. The van der Waals surface area contributed by atoms with Crippen molar-refractivity contribution in [1.29, 1.82) is 0 Å². The predicted octanol–water partition coefficient (Wildman–Crippen LogP) is 3.09. The quantitative estimate of drug-likeness (QED) is 0.605. The summed E-state index contributed by atoms with van der Waals surface area (Å²) in [4.78, 5) is 0. The molecule has 2 bridgehead atoms. The van der Waals surface area contributed by atoms with Crippen molar-refractivity contribution in [3.8, 4) is 0 Å². The zero-order valence-corrected chi connectivity index (χ0v) is 9.12. The molecule has 0 aromatic rings. The topological polar surface area (TPSA) is 9.23 Å². The zero-order valence-electron chi connectivity index (χ0n) is 9.12. The van der Waals surface area contributed by atoms with Crippen LogP contribution in [0.25, 0.3) is 0 Å². The molecule has 2 aliphatic carbocycles. The number of methoxy groups -OCH3 is 1. The molecule has 0 aromatic heterocycles. The van der Waals surface area contributed by atoms with Crippen molar-refractivity contribution >= 4 is 0 Å². The Morgan fingerprint density at radius 2 is 1.77 bits per heavy atom. The molecule has 13 heavy (non-hydrogen) atoms. The molecule has 0 aromatic carbocycles. The van der Waals surface area contributed by atoms with Gasteiger partial charge in [-0.1, -0.05) is 13.8 Å². The van der Waals surface area contributed by atoms with Crippen LogP contribution >= 0.6 is 0 Å². The average molecular weight is 182 g/mol. The third-order valence-electron chi connectivity index (χ3n) is 4.08. The van der Waals surface area contributed by atoms with E-state index < -0.39 is 0 Å². The zero-order chi connectivity index (χ0) is 9.42. The summed E-state index contributed by atoms with van der Waals surface area (Å²) in [7, 11) is 1.89. The lowest BCUT2D eigenvalue weighted by Gasteiger charge is -2.45. The highest BCUT2D eigenvalue weighted by atomic mass is 16.5. The van der Waals surface area contributed by atoms with E-state index in [4.69, 9.17) is 4.74 Å². The molecular weight excluding hydrogens is 160 g/mol. The third kappa shape index (κ3) is 1.76. The minimum Gasteiger partial charge on any atom is -0.381 e. The van der Waals surface area contributed by atoms with E-state index in [2.05, 4.69) is 13.8 Å². The standard InChI is InChI=1S/C12H22O/c1-8-4-10-6-9(2)12(13-3)11(5-8)7-10/h8-12H,4-7H2,1-3H3. The van der Waals surface area contributed by atoms with Gasteiger partial charge in [0.15, 0.2) is 0 Å². The third-order valence-corrected chi connectivity index (χ3v) is 4.08. The minimum atomic E-state index is 0.555. The Kier molecular flexibility index (Phi) is 2.64. The summed E-state index contributed by atoms with van der Waals surface area (Å²) in [6.07, 6.45) is 6.27. The van der Waals surface area contributed by atoms with Crippen LogP contribution in [0, 0.1) is 23.7 Å². The summed E-state index contributed by atoms with van der Waals surface area (Å²) in [5.41, 5.74) is 0. The summed E-state index contributed by atoms with van der Waals surface area (Å²) in [5, 5.41) is 0. The second kappa shape index (κ2) is 3.61. The number of ether oxygens (including phenoxy) is 1. The molecule has 1 heteroatoms. The molecule has 0 heterocycles. The summed E-state index contributed by atoms with van der Waals surface area (Å²) in [6.45, 7) is 4.77. The van der Waals surface area contributed by atoms with E-state index in [1.165, 1.54) is 25.7 Å². The SMILES string of the molecule is COC1C(C)CC2CC(C)CC1C2. The summed E-state index contributed by atoms with van der Waals surface area (Å²) in [6, 6.07) is 0. The van der Waals surface area contributed by atoms with Gasteiger partial charge in [-0.25, -0.2) is 0 Å². The van der Waals surface area contributed by atoms with Gasteiger partial charge >= 0.3 is 0 Å². The molecule has 0 spiro atoms. The number of fused-ring (bicyclic) bond motifs is 2. The molecule has 76 valence electrons. The van der Waals surface area contributed by atoms with Crippen molar-refractivity contribution in [2.45, 2.75) is 45.6 Å². The predicted molar refractivity (Wildman–Crippen MR) is 54.6 cm³/mol. The van der Waals surface area contributed by atoms with Crippen LogP contribution in [-0.2, 0) is 4.74 Å². The van der Waals surface area contributed by atoms with Gasteiger partial charge in [0.2, 0.25) is 0 Å². The first-order valence-electron chi connectivity index (χ1n) is 5.73. The maximum absolute atomic E-state index is 5.64. The fourth-order valence-corrected chi connectivity index (χ4v) is 3.81. The Hall–Kier alpha value is -0.0400. The van der Waals surface area contributed by atoms with Gasteiger partial charge in [-0.3, -0.25) is 0 Å². The fraction of sp³-hybridized carbons (Fsp3) is 1.00. The molecular formula is C12H22O. The highest BCUT2D eigenvalue weighted by molar-refractivity contribution is 4.90. The monoisotopic (exact) mass is 182 g/mol. The normalized spacial score (nSPS) is 50.5. The first-order chi connectivity index (χ1) is 6.20. The maximum atomic E-state index is 5.64. The molecule has 1 nitrogen and oxygen atoms in total. The summed E-state index contributed by atoms with van der Waals surface area (Å²) < 4.78 is 5.64. The van der Waals surface area contributed by atoms with Crippen LogP contribution in [-0.4, -0.2) is 13.2 Å². The van der Waals surface area contributed by atoms with E-state index in [0.717, 1.165) is 23.7 Å². The van der Waals surface area contributed by atoms with Crippen molar-refractivity contribution in [3.63, 3.8) is 0 Å².